The summed E-state index contributed by atoms with van der Waals surface area (Å²) in [6.07, 6.45) is 8.53. The normalized spacial score (nSPS) is 30.2. The summed E-state index contributed by atoms with van der Waals surface area (Å²) in [6, 6.07) is 0.761. The van der Waals surface area contributed by atoms with E-state index in [4.69, 9.17) is 15.2 Å². The molecule has 0 aromatic carbocycles. The lowest BCUT2D eigenvalue weighted by Crippen LogP contribution is -2.47. The van der Waals surface area contributed by atoms with Crippen LogP contribution in [0.2, 0.25) is 0 Å². The van der Waals surface area contributed by atoms with Gasteiger partial charge in [-0.25, -0.2) is 0 Å². The first kappa shape index (κ1) is 13.8. The van der Waals surface area contributed by atoms with Gasteiger partial charge in [0.1, 0.15) is 0 Å². The van der Waals surface area contributed by atoms with Crippen molar-refractivity contribution in [1.82, 2.24) is 4.90 Å². The molecule has 2 heterocycles. The maximum Gasteiger partial charge on any atom is 0.168 e. The van der Waals surface area contributed by atoms with Crippen LogP contribution in [0, 0.1) is 5.92 Å². The third kappa shape index (κ3) is 3.13. The number of hydrogen-bond donors (Lipinski definition) is 1. The molecule has 1 aliphatic carbocycles. The van der Waals surface area contributed by atoms with E-state index in [9.17, 15) is 0 Å². The van der Waals surface area contributed by atoms with Crippen molar-refractivity contribution in [3.05, 3.63) is 0 Å². The first-order chi connectivity index (χ1) is 9.31. The van der Waals surface area contributed by atoms with Crippen LogP contribution in [-0.2, 0) is 9.47 Å². The fourth-order valence-electron chi connectivity index (χ4n) is 4.04. The van der Waals surface area contributed by atoms with Crippen molar-refractivity contribution in [2.45, 2.75) is 56.8 Å². The van der Waals surface area contributed by atoms with Gasteiger partial charge in [0.05, 0.1) is 13.2 Å². The summed E-state index contributed by atoms with van der Waals surface area (Å²) in [7, 11) is 0. The molecule has 0 amide bonds. The predicted octanol–water partition coefficient (Wildman–Crippen LogP) is 1.73. The zero-order valence-corrected chi connectivity index (χ0v) is 12.0. The molecule has 0 radical (unpaired) electrons. The predicted molar refractivity (Wildman–Crippen MR) is 74.9 cm³/mol. The summed E-state index contributed by atoms with van der Waals surface area (Å²) in [6.45, 7) is 4.96. The number of ether oxygens (including phenoxy) is 2. The van der Waals surface area contributed by atoms with Gasteiger partial charge < -0.3 is 20.1 Å². The summed E-state index contributed by atoms with van der Waals surface area (Å²) >= 11 is 0. The fourth-order valence-corrected chi connectivity index (χ4v) is 4.04. The van der Waals surface area contributed by atoms with Crippen LogP contribution >= 0.6 is 0 Å². The van der Waals surface area contributed by atoms with Gasteiger partial charge in [-0.1, -0.05) is 0 Å². The molecule has 2 saturated heterocycles. The number of piperidine rings is 1. The summed E-state index contributed by atoms with van der Waals surface area (Å²) in [5.74, 6) is 0.673. The molecule has 0 unspecified atom stereocenters. The molecular weight excluding hydrogens is 240 g/mol. The van der Waals surface area contributed by atoms with Crippen LogP contribution in [0.3, 0.4) is 0 Å². The van der Waals surface area contributed by atoms with Crippen molar-refractivity contribution in [2.24, 2.45) is 11.7 Å². The molecule has 1 saturated carbocycles. The van der Waals surface area contributed by atoms with Crippen molar-refractivity contribution >= 4 is 0 Å². The van der Waals surface area contributed by atoms with Crippen molar-refractivity contribution < 1.29 is 9.47 Å². The maximum atomic E-state index is 5.81. The van der Waals surface area contributed by atoms with Crippen LogP contribution in [0.5, 0.6) is 0 Å². The molecule has 0 aromatic rings. The topological polar surface area (TPSA) is 47.7 Å². The molecule has 0 aromatic heterocycles. The minimum absolute atomic E-state index is 0.200. The van der Waals surface area contributed by atoms with Gasteiger partial charge in [0.2, 0.25) is 0 Å². The molecule has 3 rings (SSSR count). The van der Waals surface area contributed by atoms with E-state index >= 15 is 0 Å². The molecule has 4 heteroatoms. The van der Waals surface area contributed by atoms with Gasteiger partial charge in [-0.2, -0.15) is 0 Å². The lowest BCUT2D eigenvalue weighted by molar-refractivity contribution is -0.184. The van der Waals surface area contributed by atoms with E-state index in [1.807, 2.05) is 0 Å². The monoisotopic (exact) mass is 268 g/mol. The Labute approximate surface area is 116 Å². The Morgan fingerprint density at radius 3 is 2.21 bits per heavy atom. The van der Waals surface area contributed by atoms with Crippen LogP contribution in [0.25, 0.3) is 0 Å². The standard InChI is InChI=1S/C15H28N2O2/c16-8-3-13-4-9-17(10-5-13)14-1-6-15(7-2-14)18-11-12-19-15/h13-14H,1-12,16H2. The number of nitrogens with zero attached hydrogens (tertiary/aromatic N) is 1. The average molecular weight is 268 g/mol. The molecule has 2 N–H and O–H groups in total. The average Bonchev–Trinajstić information content (AvgIpc) is 2.90. The van der Waals surface area contributed by atoms with Crippen LogP contribution in [0.4, 0.5) is 0 Å². The van der Waals surface area contributed by atoms with Gasteiger partial charge in [0.25, 0.3) is 0 Å². The Morgan fingerprint density at radius 2 is 1.63 bits per heavy atom. The minimum atomic E-state index is -0.200. The molecular formula is C15H28N2O2. The third-order valence-corrected chi connectivity index (χ3v) is 5.27. The molecule has 4 nitrogen and oxygen atoms in total. The summed E-state index contributed by atoms with van der Waals surface area (Å²) in [5, 5.41) is 0. The first-order valence-corrected chi connectivity index (χ1v) is 8.03. The highest BCUT2D eigenvalue weighted by molar-refractivity contribution is 4.88. The molecule has 3 fully saturated rings. The largest absolute Gasteiger partial charge is 0.348 e. The molecule has 0 bridgehead atoms. The van der Waals surface area contributed by atoms with Gasteiger partial charge in [-0.3, -0.25) is 0 Å². The molecule has 0 atom stereocenters. The number of hydrogen-bond acceptors (Lipinski definition) is 4. The highest BCUT2D eigenvalue weighted by Crippen LogP contribution is 2.38. The summed E-state index contributed by atoms with van der Waals surface area (Å²) in [4.78, 5) is 2.70. The zero-order chi connectivity index (χ0) is 13.1. The maximum absolute atomic E-state index is 5.81. The highest BCUT2D eigenvalue weighted by Gasteiger charge is 2.41. The van der Waals surface area contributed by atoms with E-state index in [2.05, 4.69) is 4.90 Å². The number of nitrogens with two attached hydrogens (primary N) is 1. The Morgan fingerprint density at radius 1 is 1.00 bits per heavy atom. The first-order valence-electron chi connectivity index (χ1n) is 8.03. The quantitative estimate of drug-likeness (QED) is 0.847. The van der Waals surface area contributed by atoms with Crippen LogP contribution in [0.1, 0.15) is 44.9 Å². The third-order valence-electron chi connectivity index (χ3n) is 5.27. The lowest BCUT2D eigenvalue weighted by Gasteiger charge is -2.43. The Balaban J connectivity index is 1.44. The van der Waals surface area contributed by atoms with Crippen LogP contribution < -0.4 is 5.73 Å². The van der Waals surface area contributed by atoms with Crippen LogP contribution in [0.15, 0.2) is 0 Å². The fraction of sp³-hybridized carbons (Fsp3) is 1.00. The second kappa shape index (κ2) is 6.08. The smallest absolute Gasteiger partial charge is 0.168 e. The van der Waals surface area contributed by atoms with E-state index in [1.54, 1.807) is 0 Å². The number of likely N-dealkylation sites (tertiary alicyclic amines) is 1. The molecule has 1 spiro atoms. The number of rotatable bonds is 3. The second-order valence-electron chi connectivity index (χ2n) is 6.40. The zero-order valence-electron chi connectivity index (χ0n) is 12.0. The van der Waals surface area contributed by atoms with E-state index in [-0.39, 0.29) is 5.79 Å². The Hall–Kier alpha value is -0.160. The van der Waals surface area contributed by atoms with Crippen molar-refractivity contribution in [3.63, 3.8) is 0 Å². The Kier molecular flexibility index (Phi) is 4.42. The lowest BCUT2D eigenvalue weighted by atomic mass is 9.86. The van der Waals surface area contributed by atoms with Gasteiger partial charge in [0.15, 0.2) is 5.79 Å². The molecule has 2 aliphatic heterocycles. The van der Waals surface area contributed by atoms with Crippen LogP contribution in [-0.4, -0.2) is 49.6 Å². The highest BCUT2D eigenvalue weighted by atomic mass is 16.7. The van der Waals surface area contributed by atoms with E-state index < -0.39 is 0 Å². The SMILES string of the molecule is NCCC1CCN(C2CCC3(CC2)OCCO3)CC1. The van der Waals surface area contributed by atoms with E-state index in [0.717, 1.165) is 44.6 Å². The summed E-state index contributed by atoms with van der Waals surface area (Å²) in [5.41, 5.74) is 5.66. The van der Waals surface area contributed by atoms with Gasteiger partial charge >= 0.3 is 0 Å². The van der Waals surface area contributed by atoms with Crippen molar-refractivity contribution in [3.8, 4) is 0 Å². The van der Waals surface area contributed by atoms with Crippen molar-refractivity contribution in [2.75, 3.05) is 32.8 Å². The second-order valence-corrected chi connectivity index (χ2v) is 6.40. The molecule has 19 heavy (non-hydrogen) atoms. The summed E-state index contributed by atoms with van der Waals surface area (Å²) < 4.78 is 11.6. The molecule has 110 valence electrons. The van der Waals surface area contributed by atoms with E-state index in [0.29, 0.717) is 0 Å². The molecule has 3 aliphatic rings. The minimum Gasteiger partial charge on any atom is -0.348 e. The van der Waals surface area contributed by atoms with Gasteiger partial charge in [-0.15, -0.1) is 0 Å². The Bertz CT molecular complexity index is 274. The van der Waals surface area contributed by atoms with E-state index in [1.165, 1.54) is 45.2 Å². The van der Waals surface area contributed by atoms with Gasteiger partial charge in [0, 0.05) is 18.9 Å². The van der Waals surface area contributed by atoms with Gasteiger partial charge in [-0.05, 0) is 57.7 Å². The van der Waals surface area contributed by atoms with Crippen molar-refractivity contribution in [1.29, 1.82) is 0 Å².